The summed E-state index contributed by atoms with van der Waals surface area (Å²) in [5, 5.41) is 0. The molecule has 1 amide bonds. The number of amides is 1. The van der Waals surface area contributed by atoms with Crippen LogP contribution >= 0.6 is 0 Å². The lowest BCUT2D eigenvalue weighted by atomic mass is 9.63. The number of carbonyl (C=O) groups excluding carboxylic acids is 3. The molecule has 0 bridgehead atoms. The van der Waals surface area contributed by atoms with Crippen LogP contribution in [0.4, 0.5) is 4.39 Å². The van der Waals surface area contributed by atoms with Gasteiger partial charge < -0.3 is 9.64 Å². The highest BCUT2D eigenvalue weighted by Gasteiger charge is 2.54. The maximum absolute atomic E-state index is 13.3. The molecule has 2 aliphatic carbocycles. The Morgan fingerprint density at radius 1 is 1.03 bits per heavy atom. The normalized spacial score (nSPS) is 20.4. The number of Topliss-reactive ketones (excluding diaryl/α,β-unsaturated/α-hetero) is 2. The molecule has 0 atom stereocenters. The molecular formula is C26H26FNO4. The van der Waals surface area contributed by atoms with Crippen LogP contribution in [0, 0.1) is 24.1 Å². The predicted molar refractivity (Wildman–Crippen MR) is 117 cm³/mol. The van der Waals surface area contributed by atoms with Crippen molar-refractivity contribution in [1.82, 2.24) is 4.90 Å². The van der Waals surface area contributed by atoms with Crippen molar-refractivity contribution in [3.63, 3.8) is 0 Å². The molecule has 0 N–H and O–H groups in total. The topological polar surface area (TPSA) is 63.7 Å². The van der Waals surface area contributed by atoms with Gasteiger partial charge in [0.05, 0.1) is 7.11 Å². The lowest BCUT2D eigenvalue weighted by Gasteiger charge is -2.52. The first kappa shape index (κ1) is 20.9. The van der Waals surface area contributed by atoms with E-state index in [0.717, 1.165) is 29.5 Å². The molecule has 166 valence electrons. The summed E-state index contributed by atoms with van der Waals surface area (Å²) in [6.07, 6.45) is 2.52. The van der Waals surface area contributed by atoms with Crippen molar-refractivity contribution in [1.29, 1.82) is 0 Å². The van der Waals surface area contributed by atoms with Gasteiger partial charge in [0.2, 0.25) is 5.91 Å². The summed E-state index contributed by atoms with van der Waals surface area (Å²) in [7, 11) is 1.53. The molecule has 0 aromatic heterocycles. The van der Waals surface area contributed by atoms with Gasteiger partial charge in [-0.3, -0.25) is 14.4 Å². The van der Waals surface area contributed by atoms with Crippen molar-refractivity contribution in [2.24, 2.45) is 11.3 Å². The molecule has 5 rings (SSSR count). The largest absolute Gasteiger partial charge is 0.496 e. The van der Waals surface area contributed by atoms with E-state index in [2.05, 4.69) is 0 Å². The van der Waals surface area contributed by atoms with E-state index in [1.165, 1.54) is 19.2 Å². The molecule has 2 aromatic rings. The minimum Gasteiger partial charge on any atom is -0.496 e. The Hall–Kier alpha value is -3.02. The maximum Gasteiger partial charge on any atom is 0.225 e. The van der Waals surface area contributed by atoms with Gasteiger partial charge in [-0.1, -0.05) is 18.2 Å². The van der Waals surface area contributed by atoms with Crippen LogP contribution in [0.2, 0.25) is 0 Å². The van der Waals surface area contributed by atoms with E-state index in [0.29, 0.717) is 37.2 Å². The Bertz CT molecular complexity index is 1090. The molecule has 6 heteroatoms. The summed E-state index contributed by atoms with van der Waals surface area (Å²) in [5.74, 6) is -0.536. The highest BCUT2D eigenvalue weighted by atomic mass is 19.1. The third-order valence-corrected chi connectivity index (χ3v) is 7.07. The standard InChI is InChI=1S/C26H26FNO4/c1-15-9-18(16-5-7-19(27)8-6-16)10-22(32-2)23(15)24-20(29)11-26(12-21(24)30)13-28(14-26)25(31)17-3-4-17/h5-10,17,24H,3-4,11-14H2,1-2H3. The summed E-state index contributed by atoms with van der Waals surface area (Å²) < 4.78 is 18.9. The van der Waals surface area contributed by atoms with Gasteiger partial charge in [-0.15, -0.1) is 0 Å². The van der Waals surface area contributed by atoms with Crippen molar-refractivity contribution in [2.75, 3.05) is 20.2 Å². The van der Waals surface area contributed by atoms with Gasteiger partial charge >= 0.3 is 0 Å². The first-order valence-electron chi connectivity index (χ1n) is 11.1. The van der Waals surface area contributed by atoms with Crippen molar-refractivity contribution >= 4 is 17.5 Å². The highest BCUT2D eigenvalue weighted by molar-refractivity contribution is 6.11. The van der Waals surface area contributed by atoms with E-state index in [4.69, 9.17) is 4.74 Å². The molecule has 1 spiro atoms. The molecular weight excluding hydrogens is 409 g/mol. The fourth-order valence-corrected chi connectivity index (χ4v) is 5.35. The molecule has 1 heterocycles. The highest BCUT2D eigenvalue weighted by Crippen LogP contribution is 2.48. The average molecular weight is 435 g/mol. The van der Waals surface area contributed by atoms with Crippen LogP contribution in [0.3, 0.4) is 0 Å². The van der Waals surface area contributed by atoms with Crippen LogP contribution in [0.1, 0.15) is 42.7 Å². The fraction of sp³-hybridized carbons (Fsp3) is 0.423. The first-order valence-corrected chi connectivity index (χ1v) is 11.1. The molecule has 1 saturated heterocycles. The number of halogens is 1. The number of hydrogen-bond donors (Lipinski definition) is 0. The number of methoxy groups -OCH3 is 1. The Morgan fingerprint density at radius 3 is 2.22 bits per heavy atom. The van der Waals surface area contributed by atoms with E-state index in [9.17, 15) is 18.8 Å². The number of likely N-dealkylation sites (tertiary alicyclic amines) is 1. The van der Waals surface area contributed by atoms with Crippen molar-refractivity contribution in [3.05, 3.63) is 53.3 Å². The number of nitrogens with zero attached hydrogens (tertiary/aromatic N) is 1. The van der Waals surface area contributed by atoms with E-state index >= 15 is 0 Å². The molecule has 3 fully saturated rings. The zero-order chi connectivity index (χ0) is 22.6. The Labute approximate surface area is 186 Å². The molecule has 5 nitrogen and oxygen atoms in total. The second-order valence-electron chi connectivity index (χ2n) is 9.60. The number of rotatable bonds is 4. The van der Waals surface area contributed by atoms with Crippen molar-refractivity contribution in [2.45, 2.75) is 38.5 Å². The predicted octanol–water partition coefficient (Wildman–Crippen LogP) is 4.06. The SMILES string of the molecule is COc1cc(-c2ccc(F)cc2)cc(C)c1C1C(=O)CC2(CC1=O)CN(C(=O)C1CC1)C2. The molecule has 0 radical (unpaired) electrons. The van der Waals surface area contributed by atoms with Crippen LogP contribution < -0.4 is 4.74 Å². The van der Waals surface area contributed by atoms with Crippen molar-refractivity contribution < 1.29 is 23.5 Å². The molecule has 1 aliphatic heterocycles. The molecule has 0 unspecified atom stereocenters. The molecule has 2 aromatic carbocycles. The zero-order valence-corrected chi connectivity index (χ0v) is 18.3. The minimum absolute atomic E-state index is 0.101. The van der Waals surface area contributed by atoms with Gasteiger partial charge in [-0.05, 0) is 54.7 Å². The average Bonchev–Trinajstić information content (AvgIpc) is 3.57. The number of carbonyl (C=O) groups is 3. The van der Waals surface area contributed by atoms with Crippen LogP contribution in [0.25, 0.3) is 11.1 Å². The summed E-state index contributed by atoms with van der Waals surface area (Å²) in [5.41, 5.74) is 2.68. The van der Waals surface area contributed by atoms with Gasteiger partial charge in [0, 0.05) is 42.8 Å². The summed E-state index contributed by atoms with van der Waals surface area (Å²) in [4.78, 5) is 40.5. The minimum atomic E-state index is -0.842. The Balaban J connectivity index is 1.40. The van der Waals surface area contributed by atoms with Crippen LogP contribution in [-0.2, 0) is 14.4 Å². The smallest absolute Gasteiger partial charge is 0.225 e. The fourth-order valence-electron chi connectivity index (χ4n) is 5.35. The van der Waals surface area contributed by atoms with E-state index in [1.807, 2.05) is 17.9 Å². The van der Waals surface area contributed by atoms with Crippen LogP contribution in [0.15, 0.2) is 36.4 Å². The summed E-state index contributed by atoms with van der Waals surface area (Å²) in [6.45, 7) is 2.88. The van der Waals surface area contributed by atoms with Crippen LogP contribution in [-0.4, -0.2) is 42.6 Å². The van der Waals surface area contributed by atoms with Gasteiger partial charge in [-0.25, -0.2) is 4.39 Å². The Kier molecular flexibility index (Phi) is 4.91. The maximum atomic E-state index is 13.3. The quantitative estimate of drug-likeness (QED) is 0.680. The van der Waals surface area contributed by atoms with Gasteiger partial charge in [0.15, 0.2) is 0 Å². The molecule has 32 heavy (non-hydrogen) atoms. The lowest BCUT2D eigenvalue weighted by Crippen LogP contribution is -2.62. The second kappa shape index (κ2) is 7.54. The van der Waals surface area contributed by atoms with Gasteiger partial charge in [-0.2, -0.15) is 0 Å². The van der Waals surface area contributed by atoms with Gasteiger partial charge in [0.1, 0.15) is 29.1 Å². The third-order valence-electron chi connectivity index (χ3n) is 7.07. The Morgan fingerprint density at radius 2 is 1.66 bits per heavy atom. The number of benzene rings is 2. The van der Waals surface area contributed by atoms with Crippen LogP contribution in [0.5, 0.6) is 5.75 Å². The molecule has 2 saturated carbocycles. The van der Waals surface area contributed by atoms with E-state index in [-0.39, 0.29) is 29.2 Å². The summed E-state index contributed by atoms with van der Waals surface area (Å²) in [6, 6.07) is 9.89. The van der Waals surface area contributed by atoms with Gasteiger partial charge in [0.25, 0.3) is 0 Å². The van der Waals surface area contributed by atoms with E-state index in [1.54, 1.807) is 18.2 Å². The van der Waals surface area contributed by atoms with Crippen molar-refractivity contribution in [3.8, 4) is 16.9 Å². The second-order valence-corrected chi connectivity index (χ2v) is 9.60. The number of ketones is 2. The molecule has 3 aliphatic rings. The number of hydrogen-bond acceptors (Lipinski definition) is 4. The third kappa shape index (κ3) is 3.51. The lowest BCUT2D eigenvalue weighted by molar-refractivity contribution is -0.155. The number of ether oxygens (including phenoxy) is 1. The van der Waals surface area contributed by atoms with E-state index < -0.39 is 11.3 Å². The number of aryl methyl sites for hydroxylation is 1. The summed E-state index contributed by atoms with van der Waals surface area (Å²) >= 11 is 0. The zero-order valence-electron chi connectivity index (χ0n) is 18.3. The first-order chi connectivity index (χ1) is 15.3. The monoisotopic (exact) mass is 435 g/mol.